The predicted molar refractivity (Wildman–Crippen MR) is 135 cm³/mol. The Morgan fingerprint density at radius 1 is 0.968 bits per heavy atom. The van der Waals surface area contributed by atoms with E-state index in [1.165, 1.54) is 44.0 Å². The number of benzene rings is 2. The molecule has 0 saturated heterocycles. The summed E-state index contributed by atoms with van der Waals surface area (Å²) in [5.74, 6) is -0.451. The van der Waals surface area contributed by atoms with Gasteiger partial charge in [-0.1, -0.05) is 58.9 Å². The van der Waals surface area contributed by atoms with Gasteiger partial charge in [0.05, 0.1) is 0 Å². The minimum absolute atomic E-state index is 0.150. The van der Waals surface area contributed by atoms with Crippen LogP contribution in [0.15, 0.2) is 53.4 Å². The monoisotopic (exact) mass is 452 g/mol. The van der Waals surface area contributed by atoms with Gasteiger partial charge < -0.3 is 5.11 Å². The topological polar surface area (TPSA) is 37.3 Å². The van der Waals surface area contributed by atoms with E-state index in [0.29, 0.717) is 10.8 Å². The van der Waals surface area contributed by atoms with Crippen LogP contribution in [0, 0.1) is 19.8 Å². The summed E-state index contributed by atoms with van der Waals surface area (Å²) in [5, 5.41) is 9.52. The van der Waals surface area contributed by atoms with Gasteiger partial charge in [0.15, 0.2) is 0 Å². The molecule has 0 aliphatic heterocycles. The number of aromatic carboxylic acids is 1. The standard InChI is InChI=1S/C27H32O2S2/c1-16(2)25(22-12-13-23(31-22)26(28)29)30-21-14-17(3)24(18(4)15-21)19-8-10-20(11-9-19)27(5,6)7/h8-16,25H,1-7H3,(H,28,29)/t25-/m1/s1. The smallest absolute Gasteiger partial charge is 0.345 e. The molecule has 0 aliphatic carbocycles. The summed E-state index contributed by atoms with van der Waals surface area (Å²) in [6.45, 7) is 15.5. The third kappa shape index (κ3) is 5.42. The first-order chi connectivity index (χ1) is 14.5. The lowest BCUT2D eigenvalue weighted by molar-refractivity contribution is 0.0702. The minimum atomic E-state index is -0.850. The van der Waals surface area contributed by atoms with Gasteiger partial charge in [0.25, 0.3) is 0 Å². The number of aryl methyl sites for hydroxylation is 2. The van der Waals surface area contributed by atoms with E-state index in [1.54, 1.807) is 6.07 Å². The zero-order valence-electron chi connectivity index (χ0n) is 19.4. The summed E-state index contributed by atoms with van der Waals surface area (Å²) in [6, 6.07) is 17.2. The molecular weight excluding hydrogens is 420 g/mol. The molecule has 1 N–H and O–H groups in total. The second-order valence-corrected chi connectivity index (χ2v) is 11.9. The highest BCUT2D eigenvalue weighted by Crippen LogP contribution is 2.44. The summed E-state index contributed by atoms with van der Waals surface area (Å²) in [4.78, 5) is 14.1. The largest absolute Gasteiger partial charge is 0.477 e. The molecule has 1 heterocycles. The van der Waals surface area contributed by atoms with Crippen LogP contribution in [0.25, 0.3) is 11.1 Å². The molecule has 4 heteroatoms. The summed E-state index contributed by atoms with van der Waals surface area (Å²) >= 11 is 3.22. The average Bonchev–Trinajstić information content (AvgIpc) is 3.15. The number of thiophene rings is 1. The quantitative estimate of drug-likeness (QED) is 0.381. The summed E-state index contributed by atoms with van der Waals surface area (Å²) in [7, 11) is 0. The zero-order valence-corrected chi connectivity index (χ0v) is 21.1. The van der Waals surface area contributed by atoms with Crippen molar-refractivity contribution in [1.82, 2.24) is 0 Å². The molecular formula is C27H32O2S2. The lowest BCUT2D eigenvalue weighted by atomic mass is 9.85. The number of carbonyl (C=O) groups is 1. The maximum absolute atomic E-state index is 11.3. The molecule has 31 heavy (non-hydrogen) atoms. The molecule has 3 rings (SSSR count). The van der Waals surface area contributed by atoms with Crippen molar-refractivity contribution in [2.45, 2.75) is 64.0 Å². The molecule has 0 unspecified atom stereocenters. The fourth-order valence-corrected chi connectivity index (χ4v) is 6.41. The maximum Gasteiger partial charge on any atom is 0.345 e. The van der Waals surface area contributed by atoms with E-state index in [2.05, 4.69) is 84.9 Å². The number of hydrogen-bond donors (Lipinski definition) is 1. The van der Waals surface area contributed by atoms with Gasteiger partial charge >= 0.3 is 5.97 Å². The van der Waals surface area contributed by atoms with Gasteiger partial charge in [-0.2, -0.15) is 0 Å². The Labute approximate surface area is 194 Å². The van der Waals surface area contributed by atoms with Gasteiger partial charge in [0.2, 0.25) is 0 Å². The first kappa shape index (κ1) is 23.6. The lowest BCUT2D eigenvalue weighted by Gasteiger charge is -2.22. The van der Waals surface area contributed by atoms with Crippen molar-refractivity contribution in [3.8, 4) is 11.1 Å². The van der Waals surface area contributed by atoms with E-state index < -0.39 is 5.97 Å². The highest BCUT2D eigenvalue weighted by Gasteiger charge is 2.22. The molecule has 2 aromatic carbocycles. The highest BCUT2D eigenvalue weighted by atomic mass is 32.2. The number of hydrogen-bond acceptors (Lipinski definition) is 3. The van der Waals surface area contributed by atoms with Crippen LogP contribution in [-0.2, 0) is 5.41 Å². The first-order valence-corrected chi connectivity index (χ1v) is 12.4. The number of carboxylic acids is 1. The van der Waals surface area contributed by atoms with Crippen LogP contribution in [-0.4, -0.2) is 11.1 Å². The number of carboxylic acid groups (broad SMARTS) is 1. The van der Waals surface area contributed by atoms with E-state index in [1.807, 2.05) is 17.8 Å². The molecule has 0 amide bonds. The van der Waals surface area contributed by atoms with E-state index in [0.717, 1.165) is 4.88 Å². The Morgan fingerprint density at radius 2 is 1.55 bits per heavy atom. The summed E-state index contributed by atoms with van der Waals surface area (Å²) in [5.41, 5.74) is 6.59. The Balaban J connectivity index is 1.90. The molecule has 0 aliphatic rings. The first-order valence-electron chi connectivity index (χ1n) is 10.7. The van der Waals surface area contributed by atoms with E-state index in [9.17, 15) is 9.90 Å². The molecule has 0 spiro atoms. The maximum atomic E-state index is 11.3. The Morgan fingerprint density at radius 3 is 2.00 bits per heavy atom. The van der Waals surface area contributed by atoms with Crippen LogP contribution in [0.1, 0.15) is 71.1 Å². The molecule has 1 atom stereocenters. The summed E-state index contributed by atoms with van der Waals surface area (Å²) < 4.78 is 0. The lowest BCUT2D eigenvalue weighted by Crippen LogP contribution is -2.10. The molecule has 164 valence electrons. The summed E-state index contributed by atoms with van der Waals surface area (Å²) in [6.07, 6.45) is 0. The van der Waals surface area contributed by atoms with Crippen molar-refractivity contribution in [3.63, 3.8) is 0 Å². The van der Waals surface area contributed by atoms with Crippen molar-refractivity contribution >= 4 is 29.1 Å². The van der Waals surface area contributed by atoms with Crippen LogP contribution in [0.4, 0.5) is 0 Å². The Bertz CT molecular complexity index is 1050. The van der Waals surface area contributed by atoms with E-state index in [-0.39, 0.29) is 10.7 Å². The van der Waals surface area contributed by atoms with E-state index in [4.69, 9.17) is 0 Å². The molecule has 0 bridgehead atoms. The average molecular weight is 453 g/mol. The van der Waals surface area contributed by atoms with Gasteiger partial charge in [-0.05, 0) is 77.3 Å². The molecule has 1 aromatic heterocycles. The molecule has 2 nitrogen and oxygen atoms in total. The SMILES string of the molecule is Cc1cc(S[C@@H](c2ccc(C(=O)O)s2)C(C)C)cc(C)c1-c1ccc(C(C)(C)C)cc1. The molecule has 0 saturated carbocycles. The fourth-order valence-electron chi connectivity index (χ4n) is 3.87. The predicted octanol–water partition coefficient (Wildman–Crippen LogP) is 8.52. The van der Waals surface area contributed by atoms with Gasteiger partial charge in [-0.25, -0.2) is 4.79 Å². The molecule has 0 fully saturated rings. The minimum Gasteiger partial charge on any atom is -0.477 e. The van der Waals surface area contributed by atoms with Crippen molar-refractivity contribution in [1.29, 1.82) is 0 Å². The van der Waals surface area contributed by atoms with Gasteiger partial charge in [-0.15, -0.1) is 23.1 Å². The fraction of sp³-hybridized carbons (Fsp3) is 0.370. The van der Waals surface area contributed by atoms with Crippen LogP contribution in [0.2, 0.25) is 0 Å². The molecule has 3 aromatic rings. The van der Waals surface area contributed by atoms with Crippen LogP contribution in [0.5, 0.6) is 0 Å². The van der Waals surface area contributed by atoms with Gasteiger partial charge in [0.1, 0.15) is 4.88 Å². The van der Waals surface area contributed by atoms with Crippen LogP contribution >= 0.6 is 23.1 Å². The number of rotatable bonds is 6. The van der Waals surface area contributed by atoms with Crippen LogP contribution < -0.4 is 0 Å². The van der Waals surface area contributed by atoms with Gasteiger partial charge in [-0.3, -0.25) is 0 Å². The van der Waals surface area contributed by atoms with Crippen molar-refractivity contribution < 1.29 is 9.90 Å². The highest BCUT2D eigenvalue weighted by molar-refractivity contribution is 7.99. The third-order valence-electron chi connectivity index (χ3n) is 5.53. The third-order valence-corrected chi connectivity index (χ3v) is 8.40. The number of thioether (sulfide) groups is 1. The Hall–Kier alpha value is -2.04. The second kappa shape index (κ2) is 9.22. The zero-order chi connectivity index (χ0) is 22.9. The van der Waals surface area contributed by atoms with Gasteiger partial charge in [0, 0.05) is 15.0 Å². The van der Waals surface area contributed by atoms with Crippen molar-refractivity contribution in [3.05, 3.63) is 75.0 Å². The Kier molecular flexibility index (Phi) is 7.02. The molecule has 0 radical (unpaired) electrons. The second-order valence-electron chi connectivity index (χ2n) is 9.55. The van der Waals surface area contributed by atoms with E-state index >= 15 is 0 Å². The normalized spacial score (nSPS) is 12.9. The van der Waals surface area contributed by atoms with Crippen LogP contribution in [0.3, 0.4) is 0 Å². The van der Waals surface area contributed by atoms with Crippen molar-refractivity contribution in [2.24, 2.45) is 5.92 Å². The van der Waals surface area contributed by atoms with Crippen molar-refractivity contribution in [2.75, 3.05) is 0 Å².